The Kier molecular flexibility index (Phi) is 1.14. The minimum absolute atomic E-state index is 0.915. The summed E-state index contributed by atoms with van der Waals surface area (Å²) in [7, 11) is 0. The number of hydrogen-bond acceptors (Lipinski definition) is 3. The standard InChI is InChI=1S/C9H6N4/c1-2-4-9-8(3-1)10-5-7-6-11-12-13(7)9/h1-6H. The molecular formula is C9H6N4. The van der Waals surface area contributed by atoms with Gasteiger partial charge in [-0.05, 0) is 12.1 Å². The highest BCUT2D eigenvalue weighted by molar-refractivity contribution is 5.76. The SMILES string of the molecule is c1ccc2c(c1)ncc1cnnn12. The summed E-state index contributed by atoms with van der Waals surface area (Å²) in [5.41, 5.74) is 2.83. The van der Waals surface area contributed by atoms with Gasteiger partial charge in [0.25, 0.3) is 0 Å². The number of hydrogen-bond donors (Lipinski definition) is 0. The van der Waals surface area contributed by atoms with Gasteiger partial charge in [-0.15, -0.1) is 5.10 Å². The van der Waals surface area contributed by atoms with Crippen molar-refractivity contribution in [1.82, 2.24) is 19.8 Å². The average Bonchev–Trinajstić information content (AvgIpc) is 2.65. The van der Waals surface area contributed by atoms with Crippen LogP contribution in [0.2, 0.25) is 0 Å². The lowest BCUT2D eigenvalue weighted by atomic mass is 10.3. The highest BCUT2D eigenvalue weighted by Gasteiger charge is 2.00. The Morgan fingerprint density at radius 2 is 2.00 bits per heavy atom. The van der Waals surface area contributed by atoms with Crippen molar-refractivity contribution in [2.24, 2.45) is 0 Å². The van der Waals surface area contributed by atoms with Crippen molar-refractivity contribution in [3.8, 4) is 0 Å². The fourth-order valence-electron chi connectivity index (χ4n) is 1.41. The summed E-state index contributed by atoms with van der Waals surface area (Å²) < 4.78 is 1.78. The molecule has 62 valence electrons. The van der Waals surface area contributed by atoms with E-state index in [1.54, 1.807) is 16.9 Å². The molecule has 0 fully saturated rings. The first kappa shape index (κ1) is 6.54. The van der Waals surface area contributed by atoms with Crippen LogP contribution in [0.25, 0.3) is 16.6 Å². The van der Waals surface area contributed by atoms with Gasteiger partial charge in [-0.2, -0.15) is 0 Å². The minimum atomic E-state index is 0.915. The third-order valence-electron chi connectivity index (χ3n) is 2.02. The van der Waals surface area contributed by atoms with Crippen molar-refractivity contribution in [1.29, 1.82) is 0 Å². The van der Waals surface area contributed by atoms with E-state index in [-0.39, 0.29) is 0 Å². The van der Waals surface area contributed by atoms with Crippen LogP contribution in [0.5, 0.6) is 0 Å². The molecule has 2 aromatic heterocycles. The largest absolute Gasteiger partial charge is 0.252 e. The molecule has 0 aliphatic heterocycles. The van der Waals surface area contributed by atoms with Crippen LogP contribution in [0.3, 0.4) is 0 Å². The molecule has 4 nitrogen and oxygen atoms in total. The Labute approximate surface area is 73.8 Å². The molecule has 3 rings (SSSR count). The van der Waals surface area contributed by atoms with Crippen molar-refractivity contribution >= 4 is 16.6 Å². The number of rotatable bonds is 0. The van der Waals surface area contributed by atoms with Crippen LogP contribution >= 0.6 is 0 Å². The Hall–Kier alpha value is -1.97. The van der Waals surface area contributed by atoms with E-state index in [0.717, 1.165) is 16.6 Å². The van der Waals surface area contributed by atoms with E-state index in [2.05, 4.69) is 15.3 Å². The first-order valence-corrected chi connectivity index (χ1v) is 3.99. The van der Waals surface area contributed by atoms with Crippen molar-refractivity contribution in [3.63, 3.8) is 0 Å². The Balaban J connectivity index is 2.65. The summed E-state index contributed by atoms with van der Waals surface area (Å²) in [5, 5.41) is 7.80. The fraction of sp³-hybridized carbons (Fsp3) is 0. The summed E-state index contributed by atoms with van der Waals surface area (Å²) >= 11 is 0. The molecule has 13 heavy (non-hydrogen) atoms. The second-order valence-corrected chi connectivity index (χ2v) is 2.82. The Bertz CT molecular complexity index is 570. The molecule has 0 saturated carbocycles. The second kappa shape index (κ2) is 2.26. The summed E-state index contributed by atoms with van der Waals surface area (Å²) in [6.07, 6.45) is 3.46. The van der Waals surface area contributed by atoms with Gasteiger partial charge in [-0.25, -0.2) is 4.52 Å². The van der Waals surface area contributed by atoms with Crippen molar-refractivity contribution in [2.45, 2.75) is 0 Å². The van der Waals surface area contributed by atoms with E-state index in [9.17, 15) is 0 Å². The highest BCUT2D eigenvalue weighted by Crippen LogP contribution is 2.11. The Morgan fingerprint density at radius 1 is 1.08 bits per heavy atom. The molecule has 0 aliphatic carbocycles. The molecule has 0 spiro atoms. The van der Waals surface area contributed by atoms with E-state index >= 15 is 0 Å². The third kappa shape index (κ3) is 0.823. The number of nitrogens with zero attached hydrogens (tertiary/aromatic N) is 4. The molecule has 4 heteroatoms. The van der Waals surface area contributed by atoms with E-state index < -0.39 is 0 Å². The summed E-state index contributed by atoms with van der Waals surface area (Å²) in [5.74, 6) is 0. The maximum absolute atomic E-state index is 4.28. The fourth-order valence-corrected chi connectivity index (χ4v) is 1.41. The van der Waals surface area contributed by atoms with Gasteiger partial charge in [-0.1, -0.05) is 17.3 Å². The summed E-state index contributed by atoms with van der Waals surface area (Å²) in [6.45, 7) is 0. The van der Waals surface area contributed by atoms with E-state index in [0.29, 0.717) is 0 Å². The molecule has 0 saturated heterocycles. The smallest absolute Gasteiger partial charge is 0.106 e. The molecule has 0 aliphatic rings. The van der Waals surface area contributed by atoms with Gasteiger partial charge >= 0.3 is 0 Å². The summed E-state index contributed by atoms with van der Waals surface area (Å²) in [4.78, 5) is 4.28. The lowest BCUT2D eigenvalue weighted by molar-refractivity contribution is 0.879. The van der Waals surface area contributed by atoms with Crippen LogP contribution < -0.4 is 0 Å². The van der Waals surface area contributed by atoms with Gasteiger partial charge in [0, 0.05) is 0 Å². The van der Waals surface area contributed by atoms with E-state index in [1.165, 1.54) is 0 Å². The second-order valence-electron chi connectivity index (χ2n) is 2.82. The predicted molar refractivity (Wildman–Crippen MR) is 48.3 cm³/mol. The van der Waals surface area contributed by atoms with Gasteiger partial charge in [0.05, 0.1) is 23.4 Å². The van der Waals surface area contributed by atoms with Gasteiger partial charge in [-0.3, -0.25) is 4.98 Å². The lowest BCUT2D eigenvalue weighted by Crippen LogP contribution is -1.91. The predicted octanol–water partition coefficient (Wildman–Crippen LogP) is 1.28. The van der Waals surface area contributed by atoms with Gasteiger partial charge in [0.2, 0.25) is 0 Å². The number of benzene rings is 1. The molecule has 0 unspecified atom stereocenters. The first-order chi connectivity index (χ1) is 6.45. The van der Waals surface area contributed by atoms with E-state index in [1.807, 2.05) is 24.3 Å². The molecule has 0 bridgehead atoms. The Morgan fingerprint density at radius 3 is 3.00 bits per heavy atom. The maximum atomic E-state index is 4.28. The average molecular weight is 170 g/mol. The monoisotopic (exact) mass is 170 g/mol. The van der Waals surface area contributed by atoms with Gasteiger partial charge in [0.1, 0.15) is 5.52 Å². The zero-order chi connectivity index (χ0) is 8.67. The zero-order valence-corrected chi connectivity index (χ0v) is 6.75. The molecule has 0 amide bonds. The number of fused-ring (bicyclic) bond motifs is 3. The highest BCUT2D eigenvalue weighted by atomic mass is 15.4. The van der Waals surface area contributed by atoms with Crippen LogP contribution in [0.4, 0.5) is 0 Å². The quantitative estimate of drug-likeness (QED) is 0.510. The van der Waals surface area contributed by atoms with Crippen LogP contribution in [0.15, 0.2) is 36.7 Å². The normalized spacial score (nSPS) is 11.1. The molecular weight excluding hydrogens is 164 g/mol. The van der Waals surface area contributed by atoms with Crippen LogP contribution in [-0.2, 0) is 0 Å². The zero-order valence-electron chi connectivity index (χ0n) is 6.75. The van der Waals surface area contributed by atoms with Gasteiger partial charge in [0.15, 0.2) is 0 Å². The van der Waals surface area contributed by atoms with Crippen molar-refractivity contribution in [2.75, 3.05) is 0 Å². The molecule has 3 aromatic rings. The molecule has 0 atom stereocenters. The minimum Gasteiger partial charge on any atom is -0.252 e. The van der Waals surface area contributed by atoms with E-state index in [4.69, 9.17) is 0 Å². The first-order valence-electron chi connectivity index (χ1n) is 3.99. The number of para-hydroxylation sites is 2. The topological polar surface area (TPSA) is 43.1 Å². The van der Waals surface area contributed by atoms with Crippen molar-refractivity contribution in [3.05, 3.63) is 36.7 Å². The molecule has 0 N–H and O–H groups in total. The van der Waals surface area contributed by atoms with Crippen molar-refractivity contribution < 1.29 is 0 Å². The lowest BCUT2D eigenvalue weighted by Gasteiger charge is -1.97. The van der Waals surface area contributed by atoms with Crippen LogP contribution in [-0.4, -0.2) is 19.8 Å². The van der Waals surface area contributed by atoms with Crippen LogP contribution in [0, 0.1) is 0 Å². The summed E-state index contributed by atoms with van der Waals surface area (Å²) in [6, 6.07) is 7.85. The maximum Gasteiger partial charge on any atom is 0.106 e. The number of aromatic nitrogens is 4. The molecule has 1 aromatic carbocycles. The third-order valence-corrected chi connectivity index (χ3v) is 2.02. The molecule has 0 radical (unpaired) electrons. The molecule has 2 heterocycles. The van der Waals surface area contributed by atoms with Gasteiger partial charge < -0.3 is 0 Å². The van der Waals surface area contributed by atoms with Crippen LogP contribution in [0.1, 0.15) is 0 Å².